The van der Waals surface area contributed by atoms with Gasteiger partial charge in [0.05, 0.1) is 5.56 Å². The van der Waals surface area contributed by atoms with Crippen LogP contribution in [0.25, 0.3) is 0 Å². The average molecular weight is 330 g/mol. The van der Waals surface area contributed by atoms with Crippen molar-refractivity contribution in [2.24, 2.45) is 0 Å². The van der Waals surface area contributed by atoms with E-state index in [0.29, 0.717) is 15.7 Å². The van der Waals surface area contributed by atoms with Gasteiger partial charge < -0.3 is 9.84 Å². The van der Waals surface area contributed by atoms with E-state index >= 15 is 0 Å². The van der Waals surface area contributed by atoms with E-state index in [1.165, 1.54) is 0 Å². The van der Waals surface area contributed by atoms with Crippen molar-refractivity contribution in [3.8, 4) is 0 Å². The molecule has 19 heavy (non-hydrogen) atoms. The lowest BCUT2D eigenvalue weighted by Gasteiger charge is -2.20. The molecule has 1 amide bonds. The Morgan fingerprint density at radius 2 is 1.89 bits per heavy atom. The van der Waals surface area contributed by atoms with Crippen molar-refractivity contribution < 1.29 is 19.4 Å². The van der Waals surface area contributed by atoms with Gasteiger partial charge in [-0.3, -0.25) is 5.32 Å². The van der Waals surface area contributed by atoms with Crippen LogP contribution in [0, 0.1) is 6.92 Å². The zero-order chi connectivity index (χ0) is 14.8. The Bertz CT molecular complexity index is 520. The second-order valence-electron chi connectivity index (χ2n) is 5.03. The van der Waals surface area contributed by atoms with Gasteiger partial charge in [0.1, 0.15) is 5.60 Å². The second-order valence-corrected chi connectivity index (χ2v) is 5.88. The minimum Gasteiger partial charge on any atom is -0.478 e. The van der Waals surface area contributed by atoms with Crippen LogP contribution in [0.5, 0.6) is 0 Å². The van der Waals surface area contributed by atoms with Crippen molar-refractivity contribution in [3.05, 3.63) is 27.7 Å². The molecule has 0 atom stereocenters. The van der Waals surface area contributed by atoms with Crippen LogP contribution in [0.3, 0.4) is 0 Å². The number of carbonyl (C=O) groups is 2. The third-order valence-corrected chi connectivity index (χ3v) is 2.92. The first-order chi connectivity index (χ1) is 8.61. The fraction of sp³-hybridized carbons (Fsp3) is 0.385. The Labute approximate surface area is 120 Å². The second kappa shape index (κ2) is 5.61. The van der Waals surface area contributed by atoms with E-state index in [2.05, 4.69) is 21.2 Å². The van der Waals surface area contributed by atoms with Crippen molar-refractivity contribution in [2.45, 2.75) is 33.3 Å². The van der Waals surface area contributed by atoms with Crippen LogP contribution in [0.4, 0.5) is 10.5 Å². The molecule has 1 rings (SSSR count). The summed E-state index contributed by atoms with van der Waals surface area (Å²) in [7, 11) is 0. The Morgan fingerprint density at radius 3 is 2.37 bits per heavy atom. The Kier molecular flexibility index (Phi) is 4.57. The molecule has 0 heterocycles. The summed E-state index contributed by atoms with van der Waals surface area (Å²) in [6.45, 7) is 6.89. The molecule has 0 saturated carbocycles. The van der Waals surface area contributed by atoms with Crippen molar-refractivity contribution in [2.75, 3.05) is 5.32 Å². The number of rotatable bonds is 2. The molecule has 5 nitrogen and oxygen atoms in total. The number of carboxylic acid groups (broad SMARTS) is 1. The normalized spacial score (nSPS) is 11.0. The van der Waals surface area contributed by atoms with Crippen LogP contribution < -0.4 is 5.32 Å². The minimum atomic E-state index is -1.06. The molecule has 0 unspecified atom stereocenters. The van der Waals surface area contributed by atoms with E-state index in [4.69, 9.17) is 9.84 Å². The number of halogens is 1. The SMILES string of the molecule is Cc1c(NC(=O)OC(C)(C)C)ccc(Br)c1C(=O)O. The number of nitrogens with one attached hydrogen (secondary N) is 1. The van der Waals surface area contributed by atoms with Crippen LogP contribution in [-0.4, -0.2) is 22.8 Å². The highest BCUT2D eigenvalue weighted by Gasteiger charge is 2.19. The molecular weight excluding hydrogens is 314 g/mol. The van der Waals surface area contributed by atoms with Gasteiger partial charge in [-0.15, -0.1) is 0 Å². The number of anilines is 1. The van der Waals surface area contributed by atoms with Gasteiger partial charge in [0.2, 0.25) is 0 Å². The molecular formula is C13H16BrNO4. The highest BCUT2D eigenvalue weighted by molar-refractivity contribution is 9.10. The van der Waals surface area contributed by atoms with Crippen molar-refractivity contribution in [1.29, 1.82) is 0 Å². The van der Waals surface area contributed by atoms with Crippen LogP contribution in [0.2, 0.25) is 0 Å². The summed E-state index contributed by atoms with van der Waals surface area (Å²) in [4.78, 5) is 22.8. The van der Waals surface area contributed by atoms with E-state index in [9.17, 15) is 9.59 Å². The molecule has 2 N–H and O–H groups in total. The van der Waals surface area contributed by atoms with Gasteiger partial charge in [-0.25, -0.2) is 9.59 Å². The number of amides is 1. The van der Waals surface area contributed by atoms with Gasteiger partial charge >= 0.3 is 12.1 Å². The van der Waals surface area contributed by atoms with E-state index < -0.39 is 17.7 Å². The van der Waals surface area contributed by atoms with Crippen LogP contribution in [0.1, 0.15) is 36.7 Å². The Balaban J connectivity index is 3.01. The molecule has 1 aromatic carbocycles. The summed E-state index contributed by atoms with van der Waals surface area (Å²) >= 11 is 3.17. The molecule has 0 aliphatic rings. The molecule has 0 saturated heterocycles. The predicted octanol–water partition coefficient (Wildman–Crippen LogP) is 3.80. The lowest BCUT2D eigenvalue weighted by atomic mass is 10.1. The molecule has 0 aliphatic heterocycles. The number of carbonyl (C=O) groups excluding carboxylic acids is 1. The number of aromatic carboxylic acids is 1. The van der Waals surface area contributed by atoms with Gasteiger partial charge in [-0.2, -0.15) is 0 Å². The first-order valence-corrected chi connectivity index (χ1v) is 6.43. The van der Waals surface area contributed by atoms with E-state index in [0.717, 1.165) is 0 Å². The largest absolute Gasteiger partial charge is 0.478 e. The summed E-state index contributed by atoms with van der Waals surface area (Å²) in [6, 6.07) is 3.19. The maximum atomic E-state index is 11.7. The molecule has 0 radical (unpaired) electrons. The standard InChI is InChI=1S/C13H16BrNO4/c1-7-9(15-12(18)19-13(2,3)4)6-5-8(14)10(7)11(16)17/h5-6H,1-4H3,(H,15,18)(H,16,17). The minimum absolute atomic E-state index is 0.119. The van der Waals surface area contributed by atoms with Crippen molar-refractivity contribution in [3.63, 3.8) is 0 Å². The van der Waals surface area contributed by atoms with Gasteiger partial charge in [-0.1, -0.05) is 0 Å². The number of ether oxygens (including phenoxy) is 1. The van der Waals surface area contributed by atoms with Crippen molar-refractivity contribution in [1.82, 2.24) is 0 Å². The molecule has 1 aromatic rings. The summed E-state index contributed by atoms with van der Waals surface area (Å²) in [5.41, 5.74) is 0.388. The highest BCUT2D eigenvalue weighted by Crippen LogP contribution is 2.27. The molecule has 0 bridgehead atoms. The lowest BCUT2D eigenvalue weighted by Crippen LogP contribution is -2.27. The quantitative estimate of drug-likeness (QED) is 0.865. The average Bonchev–Trinajstić information content (AvgIpc) is 2.19. The predicted molar refractivity (Wildman–Crippen MR) is 75.7 cm³/mol. The van der Waals surface area contributed by atoms with E-state index in [-0.39, 0.29) is 5.56 Å². The first-order valence-electron chi connectivity index (χ1n) is 5.64. The van der Waals surface area contributed by atoms with Crippen LogP contribution >= 0.6 is 15.9 Å². The molecule has 0 aromatic heterocycles. The third-order valence-electron chi connectivity index (χ3n) is 2.26. The van der Waals surface area contributed by atoms with E-state index in [1.54, 1.807) is 39.8 Å². The maximum absolute atomic E-state index is 11.7. The number of benzene rings is 1. The molecule has 0 fully saturated rings. The monoisotopic (exact) mass is 329 g/mol. The topological polar surface area (TPSA) is 75.6 Å². The molecule has 104 valence electrons. The molecule has 0 spiro atoms. The zero-order valence-electron chi connectivity index (χ0n) is 11.2. The summed E-state index contributed by atoms with van der Waals surface area (Å²) in [5, 5.41) is 11.7. The van der Waals surface area contributed by atoms with E-state index in [1.807, 2.05) is 0 Å². The fourth-order valence-electron chi connectivity index (χ4n) is 1.49. The maximum Gasteiger partial charge on any atom is 0.412 e. The lowest BCUT2D eigenvalue weighted by molar-refractivity contribution is 0.0632. The summed E-state index contributed by atoms with van der Waals surface area (Å²) < 4.78 is 5.58. The Hall–Kier alpha value is -1.56. The highest BCUT2D eigenvalue weighted by atomic mass is 79.9. The van der Waals surface area contributed by atoms with Gasteiger partial charge in [-0.05, 0) is 61.3 Å². The summed E-state index contributed by atoms with van der Waals surface area (Å²) in [5.74, 6) is -1.06. The van der Waals surface area contributed by atoms with Gasteiger partial charge in [0, 0.05) is 10.2 Å². The number of carboxylic acids is 1. The Morgan fingerprint density at radius 1 is 1.32 bits per heavy atom. The third kappa shape index (κ3) is 4.24. The molecule has 6 heteroatoms. The zero-order valence-corrected chi connectivity index (χ0v) is 12.8. The van der Waals surface area contributed by atoms with Crippen LogP contribution in [0.15, 0.2) is 16.6 Å². The van der Waals surface area contributed by atoms with Gasteiger partial charge in [0.25, 0.3) is 0 Å². The fourth-order valence-corrected chi connectivity index (χ4v) is 2.09. The van der Waals surface area contributed by atoms with Crippen LogP contribution in [-0.2, 0) is 4.74 Å². The first kappa shape index (κ1) is 15.5. The number of hydrogen-bond donors (Lipinski definition) is 2. The van der Waals surface area contributed by atoms with Gasteiger partial charge in [0.15, 0.2) is 0 Å². The van der Waals surface area contributed by atoms with Crippen molar-refractivity contribution >= 4 is 33.7 Å². The summed E-state index contributed by atoms with van der Waals surface area (Å²) in [6.07, 6.45) is -0.616. The molecule has 0 aliphatic carbocycles. The smallest absolute Gasteiger partial charge is 0.412 e. The number of hydrogen-bond acceptors (Lipinski definition) is 3.